The number of aliphatic hydroxyl groups is 2. The zero-order valence-electron chi connectivity index (χ0n) is 11.3. The van der Waals surface area contributed by atoms with E-state index in [-0.39, 0.29) is 12.7 Å². The van der Waals surface area contributed by atoms with E-state index in [1.165, 1.54) is 0 Å². The van der Waals surface area contributed by atoms with Gasteiger partial charge in [-0.2, -0.15) is 0 Å². The van der Waals surface area contributed by atoms with Crippen LogP contribution in [-0.4, -0.2) is 47.6 Å². The van der Waals surface area contributed by atoms with E-state index in [2.05, 4.69) is 9.88 Å². The first-order chi connectivity index (χ1) is 9.20. The van der Waals surface area contributed by atoms with Crippen molar-refractivity contribution in [2.24, 2.45) is 0 Å². The molecule has 5 heteroatoms. The van der Waals surface area contributed by atoms with E-state index in [4.69, 9.17) is 9.84 Å². The van der Waals surface area contributed by atoms with E-state index in [0.29, 0.717) is 6.61 Å². The van der Waals surface area contributed by atoms with Crippen LogP contribution < -0.4 is 4.90 Å². The smallest absolute Gasteiger partial charge is 0.128 e. The molecular formula is C14H22N2O3. The van der Waals surface area contributed by atoms with Crippen molar-refractivity contribution in [2.45, 2.75) is 32.0 Å². The fourth-order valence-electron chi connectivity index (χ4n) is 2.34. The van der Waals surface area contributed by atoms with Crippen LogP contribution in [0.2, 0.25) is 0 Å². The van der Waals surface area contributed by atoms with Gasteiger partial charge in [0.1, 0.15) is 5.82 Å². The van der Waals surface area contributed by atoms with E-state index in [0.717, 1.165) is 37.3 Å². The normalized spacial score (nSPS) is 18.6. The minimum atomic E-state index is -0.466. The number of piperidine rings is 1. The van der Waals surface area contributed by atoms with Crippen LogP contribution in [-0.2, 0) is 4.74 Å². The fourth-order valence-corrected chi connectivity index (χ4v) is 2.34. The average molecular weight is 266 g/mol. The molecule has 1 aromatic rings. The van der Waals surface area contributed by atoms with Crippen LogP contribution in [0.1, 0.15) is 31.4 Å². The molecule has 1 aliphatic rings. The van der Waals surface area contributed by atoms with E-state index >= 15 is 0 Å². The first-order valence-corrected chi connectivity index (χ1v) is 6.82. The van der Waals surface area contributed by atoms with Gasteiger partial charge in [0.05, 0.1) is 25.4 Å². The number of nitrogens with zero attached hydrogens (tertiary/aromatic N) is 2. The van der Waals surface area contributed by atoms with Crippen LogP contribution in [0, 0.1) is 0 Å². The third-order valence-corrected chi connectivity index (χ3v) is 3.46. The molecule has 0 radical (unpaired) electrons. The molecule has 2 rings (SSSR count). The Bertz CT molecular complexity index is 390. The summed E-state index contributed by atoms with van der Waals surface area (Å²) in [7, 11) is 0. The maximum atomic E-state index is 9.60. The number of hydrogen-bond donors (Lipinski definition) is 2. The van der Waals surface area contributed by atoms with Gasteiger partial charge >= 0.3 is 0 Å². The Balaban J connectivity index is 1.92. The Kier molecular flexibility index (Phi) is 5.13. The summed E-state index contributed by atoms with van der Waals surface area (Å²) < 4.78 is 5.54. The molecule has 0 unspecified atom stereocenters. The minimum absolute atomic E-state index is 0.0816. The Morgan fingerprint density at radius 1 is 1.47 bits per heavy atom. The maximum Gasteiger partial charge on any atom is 0.128 e. The number of hydrogen-bond acceptors (Lipinski definition) is 5. The molecule has 5 nitrogen and oxygen atoms in total. The standard InChI is InChI=1S/C14H22N2O3/c1-11(18)12-2-5-15-14(10-12)16-6-3-13(4-7-16)19-9-8-17/h2,5,10-11,13,17-18H,3-4,6-9H2,1H3/t11-/m1/s1. The van der Waals surface area contributed by atoms with E-state index in [9.17, 15) is 5.11 Å². The van der Waals surface area contributed by atoms with Gasteiger partial charge in [-0.05, 0) is 37.5 Å². The van der Waals surface area contributed by atoms with Crippen molar-refractivity contribution in [2.75, 3.05) is 31.2 Å². The van der Waals surface area contributed by atoms with Gasteiger partial charge in [-0.25, -0.2) is 4.98 Å². The quantitative estimate of drug-likeness (QED) is 0.836. The van der Waals surface area contributed by atoms with Crippen LogP contribution in [0.15, 0.2) is 18.3 Å². The van der Waals surface area contributed by atoms with Crippen molar-refractivity contribution in [3.05, 3.63) is 23.9 Å². The predicted molar refractivity (Wildman–Crippen MR) is 73.1 cm³/mol. The largest absolute Gasteiger partial charge is 0.394 e. The molecule has 2 heterocycles. The monoisotopic (exact) mass is 266 g/mol. The summed E-state index contributed by atoms with van der Waals surface area (Å²) >= 11 is 0. The molecule has 1 aliphatic heterocycles. The van der Waals surface area contributed by atoms with Gasteiger partial charge < -0.3 is 19.8 Å². The van der Waals surface area contributed by atoms with Crippen LogP contribution in [0.4, 0.5) is 5.82 Å². The molecule has 0 aromatic carbocycles. The van der Waals surface area contributed by atoms with Gasteiger partial charge in [-0.15, -0.1) is 0 Å². The predicted octanol–water partition coefficient (Wildman–Crippen LogP) is 1.11. The highest BCUT2D eigenvalue weighted by Gasteiger charge is 2.20. The van der Waals surface area contributed by atoms with Crippen molar-refractivity contribution >= 4 is 5.82 Å². The first kappa shape index (κ1) is 14.2. The van der Waals surface area contributed by atoms with Gasteiger partial charge in [-0.3, -0.25) is 0 Å². The molecule has 1 fully saturated rings. The average Bonchev–Trinajstić information content (AvgIpc) is 2.46. The third-order valence-electron chi connectivity index (χ3n) is 3.46. The van der Waals surface area contributed by atoms with Gasteiger partial charge in [0.25, 0.3) is 0 Å². The molecule has 1 saturated heterocycles. The molecule has 19 heavy (non-hydrogen) atoms. The Morgan fingerprint density at radius 3 is 2.84 bits per heavy atom. The summed E-state index contributed by atoms with van der Waals surface area (Å²) in [5, 5.41) is 18.3. The highest BCUT2D eigenvalue weighted by molar-refractivity contribution is 5.42. The van der Waals surface area contributed by atoms with E-state index < -0.39 is 6.10 Å². The highest BCUT2D eigenvalue weighted by atomic mass is 16.5. The topological polar surface area (TPSA) is 65.8 Å². The van der Waals surface area contributed by atoms with Gasteiger partial charge in [0, 0.05) is 19.3 Å². The lowest BCUT2D eigenvalue weighted by Gasteiger charge is -2.32. The van der Waals surface area contributed by atoms with Gasteiger partial charge in [-0.1, -0.05) is 0 Å². The zero-order chi connectivity index (χ0) is 13.7. The summed E-state index contributed by atoms with van der Waals surface area (Å²) in [6, 6.07) is 3.78. The molecule has 0 spiro atoms. The second-order valence-corrected chi connectivity index (χ2v) is 4.90. The molecule has 0 bridgehead atoms. The molecule has 106 valence electrons. The Labute approximate surface area is 113 Å². The van der Waals surface area contributed by atoms with Crippen molar-refractivity contribution in [1.82, 2.24) is 4.98 Å². The second kappa shape index (κ2) is 6.84. The molecule has 1 atom stereocenters. The molecule has 0 amide bonds. The third kappa shape index (κ3) is 3.89. The lowest BCUT2D eigenvalue weighted by atomic mass is 10.1. The fraction of sp³-hybridized carbons (Fsp3) is 0.643. The Hall–Kier alpha value is -1.17. The summed E-state index contributed by atoms with van der Waals surface area (Å²) in [6.07, 6.45) is 3.41. The number of rotatable bonds is 5. The minimum Gasteiger partial charge on any atom is -0.394 e. The van der Waals surface area contributed by atoms with Crippen molar-refractivity contribution < 1.29 is 14.9 Å². The van der Waals surface area contributed by atoms with Crippen molar-refractivity contribution in [3.8, 4) is 0 Å². The van der Waals surface area contributed by atoms with Crippen LogP contribution in [0.25, 0.3) is 0 Å². The lowest BCUT2D eigenvalue weighted by Crippen LogP contribution is -2.37. The van der Waals surface area contributed by atoms with Crippen LogP contribution in [0.5, 0.6) is 0 Å². The van der Waals surface area contributed by atoms with Gasteiger partial charge in [0.2, 0.25) is 0 Å². The number of aromatic nitrogens is 1. The Morgan fingerprint density at radius 2 is 2.21 bits per heavy atom. The summed E-state index contributed by atoms with van der Waals surface area (Å²) in [5.41, 5.74) is 0.892. The summed E-state index contributed by atoms with van der Waals surface area (Å²) in [4.78, 5) is 6.58. The van der Waals surface area contributed by atoms with E-state index in [1.54, 1.807) is 13.1 Å². The number of aliphatic hydroxyl groups excluding tert-OH is 2. The van der Waals surface area contributed by atoms with Gasteiger partial charge in [0.15, 0.2) is 0 Å². The molecular weight excluding hydrogens is 244 g/mol. The number of ether oxygens (including phenoxy) is 1. The van der Waals surface area contributed by atoms with Crippen molar-refractivity contribution in [3.63, 3.8) is 0 Å². The summed E-state index contributed by atoms with van der Waals surface area (Å²) in [5.74, 6) is 0.916. The first-order valence-electron chi connectivity index (χ1n) is 6.82. The molecule has 1 aromatic heterocycles. The molecule has 0 aliphatic carbocycles. The summed E-state index contributed by atoms with van der Waals surface area (Å²) in [6.45, 7) is 4.05. The lowest BCUT2D eigenvalue weighted by molar-refractivity contribution is 0.0158. The zero-order valence-corrected chi connectivity index (χ0v) is 11.3. The highest BCUT2D eigenvalue weighted by Crippen LogP contribution is 2.22. The number of pyridine rings is 1. The van der Waals surface area contributed by atoms with Crippen LogP contribution >= 0.6 is 0 Å². The SMILES string of the molecule is C[C@@H](O)c1ccnc(N2CCC(OCCO)CC2)c1. The number of anilines is 1. The van der Waals surface area contributed by atoms with Crippen LogP contribution in [0.3, 0.4) is 0 Å². The van der Waals surface area contributed by atoms with E-state index in [1.807, 2.05) is 12.1 Å². The maximum absolute atomic E-state index is 9.60. The second-order valence-electron chi connectivity index (χ2n) is 4.90. The molecule has 2 N–H and O–H groups in total. The molecule has 0 saturated carbocycles. The van der Waals surface area contributed by atoms with Crippen molar-refractivity contribution in [1.29, 1.82) is 0 Å².